The molecule has 1 aromatic heterocycles. The molecule has 6 heteroatoms. The molecule has 0 aliphatic heterocycles. The molecule has 0 unspecified atom stereocenters. The molecule has 5 nitrogen and oxygen atoms in total. The summed E-state index contributed by atoms with van der Waals surface area (Å²) in [5.41, 5.74) is 8.31. The van der Waals surface area contributed by atoms with Crippen molar-refractivity contribution < 1.29 is 4.79 Å². The largest absolute Gasteiger partial charge is 0.364 e. The SMILES string of the molecule is NC(=O)c1n[nH]nc1-c1ccccc1-c1ccccc1Cl. The summed E-state index contributed by atoms with van der Waals surface area (Å²) in [6, 6.07) is 15.0. The number of hydrogen-bond donors (Lipinski definition) is 2. The average molecular weight is 299 g/mol. The van der Waals surface area contributed by atoms with Crippen LogP contribution in [0.25, 0.3) is 22.4 Å². The molecule has 3 rings (SSSR count). The molecule has 1 heterocycles. The number of halogens is 1. The first kappa shape index (κ1) is 13.3. The molecule has 21 heavy (non-hydrogen) atoms. The lowest BCUT2D eigenvalue weighted by molar-refractivity contribution is 0.0996. The van der Waals surface area contributed by atoms with Gasteiger partial charge in [0.2, 0.25) is 0 Å². The molecule has 0 aliphatic rings. The fourth-order valence-electron chi connectivity index (χ4n) is 2.19. The first-order valence-corrected chi connectivity index (χ1v) is 6.61. The lowest BCUT2D eigenvalue weighted by Crippen LogP contribution is -2.12. The van der Waals surface area contributed by atoms with E-state index in [1.807, 2.05) is 48.5 Å². The average Bonchev–Trinajstić information content (AvgIpc) is 2.97. The highest BCUT2D eigenvalue weighted by Gasteiger charge is 2.18. The van der Waals surface area contributed by atoms with Gasteiger partial charge in [-0.1, -0.05) is 54.1 Å². The van der Waals surface area contributed by atoms with Crippen LogP contribution in [-0.4, -0.2) is 21.3 Å². The Labute approximate surface area is 125 Å². The highest BCUT2D eigenvalue weighted by molar-refractivity contribution is 6.33. The second-order valence-electron chi connectivity index (χ2n) is 4.41. The van der Waals surface area contributed by atoms with Crippen molar-refractivity contribution in [3.8, 4) is 22.4 Å². The van der Waals surface area contributed by atoms with E-state index in [1.54, 1.807) is 0 Å². The fraction of sp³-hybridized carbons (Fsp3) is 0. The van der Waals surface area contributed by atoms with Gasteiger partial charge in [0.25, 0.3) is 5.91 Å². The third-order valence-electron chi connectivity index (χ3n) is 3.13. The number of nitrogens with one attached hydrogen (secondary N) is 1. The van der Waals surface area contributed by atoms with Gasteiger partial charge < -0.3 is 5.73 Å². The van der Waals surface area contributed by atoms with Crippen LogP contribution in [0.5, 0.6) is 0 Å². The van der Waals surface area contributed by atoms with Crippen LogP contribution in [-0.2, 0) is 0 Å². The first-order chi connectivity index (χ1) is 10.2. The van der Waals surface area contributed by atoms with Crippen molar-refractivity contribution >= 4 is 17.5 Å². The van der Waals surface area contributed by atoms with Gasteiger partial charge in [-0.3, -0.25) is 4.79 Å². The highest BCUT2D eigenvalue weighted by atomic mass is 35.5. The van der Waals surface area contributed by atoms with Crippen LogP contribution in [0.3, 0.4) is 0 Å². The Morgan fingerprint density at radius 2 is 1.57 bits per heavy atom. The number of benzene rings is 2. The van der Waals surface area contributed by atoms with E-state index in [9.17, 15) is 4.79 Å². The number of H-pyrrole nitrogens is 1. The van der Waals surface area contributed by atoms with Gasteiger partial charge in [0.1, 0.15) is 5.69 Å². The Bertz CT molecular complexity index is 813. The van der Waals surface area contributed by atoms with Crippen molar-refractivity contribution in [1.82, 2.24) is 15.4 Å². The summed E-state index contributed by atoms with van der Waals surface area (Å²) in [6.45, 7) is 0. The van der Waals surface area contributed by atoms with Crippen LogP contribution in [0.2, 0.25) is 5.02 Å². The predicted molar refractivity (Wildman–Crippen MR) is 80.8 cm³/mol. The van der Waals surface area contributed by atoms with E-state index in [1.165, 1.54) is 0 Å². The number of aromatic amines is 1. The highest BCUT2D eigenvalue weighted by Crippen LogP contribution is 2.35. The van der Waals surface area contributed by atoms with Crippen molar-refractivity contribution in [2.45, 2.75) is 0 Å². The van der Waals surface area contributed by atoms with Crippen molar-refractivity contribution in [1.29, 1.82) is 0 Å². The van der Waals surface area contributed by atoms with Crippen LogP contribution >= 0.6 is 11.6 Å². The van der Waals surface area contributed by atoms with E-state index < -0.39 is 5.91 Å². The third-order valence-corrected chi connectivity index (χ3v) is 3.46. The van der Waals surface area contributed by atoms with E-state index in [2.05, 4.69) is 15.4 Å². The number of primary amides is 1. The molecule has 0 bridgehead atoms. The minimum Gasteiger partial charge on any atom is -0.364 e. The number of carbonyl (C=O) groups excluding carboxylic acids is 1. The quantitative estimate of drug-likeness (QED) is 0.779. The van der Waals surface area contributed by atoms with Crippen LogP contribution in [0.4, 0.5) is 0 Å². The molecule has 3 N–H and O–H groups in total. The van der Waals surface area contributed by atoms with Crippen LogP contribution in [0.15, 0.2) is 48.5 Å². The van der Waals surface area contributed by atoms with Crippen LogP contribution in [0.1, 0.15) is 10.5 Å². The van der Waals surface area contributed by atoms with Crippen molar-refractivity contribution in [3.63, 3.8) is 0 Å². The van der Waals surface area contributed by atoms with Crippen LogP contribution in [0, 0.1) is 0 Å². The summed E-state index contributed by atoms with van der Waals surface area (Å²) < 4.78 is 0. The van der Waals surface area contributed by atoms with Gasteiger partial charge in [-0.2, -0.15) is 15.4 Å². The molecule has 0 fully saturated rings. The van der Waals surface area contributed by atoms with Gasteiger partial charge in [-0.15, -0.1) is 0 Å². The van der Waals surface area contributed by atoms with Crippen molar-refractivity contribution in [2.24, 2.45) is 5.73 Å². The van der Waals surface area contributed by atoms with Gasteiger partial charge in [-0.25, -0.2) is 0 Å². The Morgan fingerprint density at radius 3 is 2.24 bits per heavy atom. The van der Waals surface area contributed by atoms with Gasteiger partial charge >= 0.3 is 0 Å². The molecular weight excluding hydrogens is 288 g/mol. The smallest absolute Gasteiger partial charge is 0.271 e. The van der Waals surface area contributed by atoms with Gasteiger partial charge in [0, 0.05) is 16.1 Å². The minimum absolute atomic E-state index is 0.106. The molecule has 2 aromatic carbocycles. The molecule has 0 atom stereocenters. The fourth-order valence-corrected chi connectivity index (χ4v) is 2.43. The normalized spacial score (nSPS) is 10.5. The zero-order valence-electron chi connectivity index (χ0n) is 10.9. The number of rotatable bonds is 3. The molecule has 0 spiro atoms. The summed E-state index contributed by atoms with van der Waals surface area (Å²) >= 11 is 6.26. The van der Waals surface area contributed by atoms with Crippen molar-refractivity contribution in [2.75, 3.05) is 0 Å². The number of nitrogens with zero attached hydrogens (tertiary/aromatic N) is 2. The molecule has 3 aromatic rings. The lowest BCUT2D eigenvalue weighted by atomic mass is 9.96. The van der Waals surface area contributed by atoms with Gasteiger partial charge in [0.15, 0.2) is 5.69 Å². The molecule has 0 radical (unpaired) electrons. The number of amides is 1. The number of hydrogen-bond acceptors (Lipinski definition) is 3. The maximum absolute atomic E-state index is 11.4. The molecule has 1 amide bonds. The van der Waals surface area contributed by atoms with E-state index in [-0.39, 0.29) is 5.69 Å². The lowest BCUT2D eigenvalue weighted by Gasteiger charge is -2.09. The summed E-state index contributed by atoms with van der Waals surface area (Å²) in [5, 5.41) is 10.9. The first-order valence-electron chi connectivity index (χ1n) is 6.23. The molecule has 0 saturated heterocycles. The maximum atomic E-state index is 11.4. The topological polar surface area (TPSA) is 84.7 Å². The Kier molecular flexibility index (Phi) is 3.41. The van der Waals surface area contributed by atoms with Gasteiger partial charge in [0.05, 0.1) is 0 Å². The minimum atomic E-state index is -0.632. The monoisotopic (exact) mass is 298 g/mol. The van der Waals surface area contributed by atoms with E-state index in [4.69, 9.17) is 17.3 Å². The summed E-state index contributed by atoms with van der Waals surface area (Å²) in [5.74, 6) is -0.632. The summed E-state index contributed by atoms with van der Waals surface area (Å²) in [4.78, 5) is 11.4. The van der Waals surface area contributed by atoms with E-state index >= 15 is 0 Å². The molecule has 104 valence electrons. The summed E-state index contributed by atoms with van der Waals surface area (Å²) in [7, 11) is 0. The zero-order chi connectivity index (χ0) is 14.8. The number of nitrogens with two attached hydrogens (primary N) is 1. The van der Waals surface area contributed by atoms with Gasteiger partial charge in [-0.05, 0) is 11.6 Å². The number of carbonyl (C=O) groups is 1. The van der Waals surface area contributed by atoms with Crippen molar-refractivity contribution in [3.05, 3.63) is 59.2 Å². The Morgan fingerprint density at radius 1 is 0.952 bits per heavy atom. The standard InChI is InChI=1S/C15H11ClN4O/c16-12-8-4-3-6-10(12)9-5-1-2-7-11(9)13-14(15(17)21)19-20-18-13/h1-8H,(H2,17,21)(H,18,19,20). The molecular formula is C15H11ClN4O. The Hall–Kier alpha value is -2.66. The Balaban J connectivity index is 2.24. The zero-order valence-corrected chi connectivity index (χ0v) is 11.6. The number of aromatic nitrogens is 3. The molecule has 0 saturated carbocycles. The summed E-state index contributed by atoms with van der Waals surface area (Å²) in [6.07, 6.45) is 0. The second-order valence-corrected chi connectivity index (χ2v) is 4.82. The second kappa shape index (κ2) is 5.38. The molecule has 0 aliphatic carbocycles. The third kappa shape index (κ3) is 2.39. The predicted octanol–water partition coefficient (Wildman–Crippen LogP) is 2.89. The maximum Gasteiger partial charge on any atom is 0.271 e. The van der Waals surface area contributed by atoms with E-state index in [0.717, 1.165) is 16.7 Å². The van der Waals surface area contributed by atoms with Crippen LogP contribution < -0.4 is 5.73 Å². The van der Waals surface area contributed by atoms with E-state index in [0.29, 0.717) is 10.7 Å².